The molecule has 1 fully saturated rings. The van der Waals surface area contributed by atoms with Crippen molar-refractivity contribution in [2.75, 3.05) is 0 Å². The summed E-state index contributed by atoms with van der Waals surface area (Å²) in [6, 6.07) is 7.45. The Morgan fingerprint density at radius 1 is 1.14 bits per heavy atom. The molecule has 5 heteroatoms. The Kier molecular flexibility index (Phi) is 3.93. The van der Waals surface area contributed by atoms with E-state index in [4.69, 9.17) is 0 Å². The van der Waals surface area contributed by atoms with Crippen LogP contribution in [0.1, 0.15) is 31.2 Å². The quantitative estimate of drug-likeness (QED) is 0.864. The SMILES string of the molecule is FC(F)(F)C1CCCCC1NCc1ccc2[nH]ccc2c1. The number of rotatable bonds is 3. The smallest absolute Gasteiger partial charge is 0.361 e. The largest absolute Gasteiger partial charge is 0.393 e. The summed E-state index contributed by atoms with van der Waals surface area (Å²) in [6.45, 7) is 0.484. The molecule has 0 radical (unpaired) electrons. The third-order valence-electron chi connectivity index (χ3n) is 4.37. The molecule has 2 N–H and O–H groups in total. The van der Waals surface area contributed by atoms with Crippen molar-refractivity contribution in [3.63, 3.8) is 0 Å². The van der Waals surface area contributed by atoms with Gasteiger partial charge < -0.3 is 10.3 Å². The summed E-state index contributed by atoms with van der Waals surface area (Å²) in [6.07, 6.45) is 0.179. The highest BCUT2D eigenvalue weighted by Gasteiger charge is 2.45. The van der Waals surface area contributed by atoms with Gasteiger partial charge in [0, 0.05) is 24.3 Å². The zero-order valence-electron chi connectivity index (χ0n) is 11.7. The van der Waals surface area contributed by atoms with Gasteiger partial charge in [0.15, 0.2) is 0 Å². The summed E-state index contributed by atoms with van der Waals surface area (Å²) in [5.41, 5.74) is 2.07. The second kappa shape index (κ2) is 5.72. The number of H-pyrrole nitrogens is 1. The highest BCUT2D eigenvalue weighted by atomic mass is 19.4. The molecule has 2 atom stereocenters. The lowest BCUT2D eigenvalue weighted by molar-refractivity contribution is -0.189. The predicted molar refractivity (Wildman–Crippen MR) is 76.9 cm³/mol. The Hall–Kier alpha value is -1.49. The van der Waals surface area contributed by atoms with Crippen molar-refractivity contribution in [1.29, 1.82) is 0 Å². The van der Waals surface area contributed by atoms with Gasteiger partial charge in [-0.3, -0.25) is 0 Å². The summed E-state index contributed by atoms with van der Waals surface area (Å²) in [7, 11) is 0. The summed E-state index contributed by atoms with van der Waals surface area (Å²) in [5, 5.41) is 4.21. The maximum atomic E-state index is 13.0. The normalized spacial score (nSPS) is 23.6. The minimum absolute atomic E-state index is 0.248. The second-order valence-corrected chi connectivity index (χ2v) is 5.82. The maximum Gasteiger partial charge on any atom is 0.393 e. The summed E-state index contributed by atoms with van der Waals surface area (Å²) < 4.78 is 39.1. The third kappa shape index (κ3) is 3.23. The van der Waals surface area contributed by atoms with E-state index in [1.54, 1.807) is 0 Å². The van der Waals surface area contributed by atoms with Crippen LogP contribution in [0.25, 0.3) is 10.9 Å². The number of aromatic amines is 1. The lowest BCUT2D eigenvalue weighted by Crippen LogP contribution is -2.45. The first-order chi connectivity index (χ1) is 10.0. The Bertz CT molecular complexity index is 603. The van der Waals surface area contributed by atoms with Crippen LogP contribution in [0, 0.1) is 5.92 Å². The molecule has 2 aromatic rings. The number of hydrogen-bond acceptors (Lipinski definition) is 1. The molecule has 3 rings (SSSR count). The van der Waals surface area contributed by atoms with Crippen LogP contribution in [0.2, 0.25) is 0 Å². The van der Waals surface area contributed by atoms with Crippen molar-refractivity contribution in [3.05, 3.63) is 36.0 Å². The molecule has 1 aliphatic carbocycles. The lowest BCUT2D eigenvalue weighted by atomic mass is 9.84. The monoisotopic (exact) mass is 296 g/mol. The molecule has 114 valence electrons. The zero-order valence-corrected chi connectivity index (χ0v) is 11.7. The summed E-state index contributed by atoms with van der Waals surface area (Å²) in [5.74, 6) is -1.21. The summed E-state index contributed by atoms with van der Waals surface area (Å²) in [4.78, 5) is 3.11. The Morgan fingerprint density at radius 2 is 1.95 bits per heavy atom. The number of aromatic nitrogens is 1. The van der Waals surface area contributed by atoms with Gasteiger partial charge >= 0.3 is 6.18 Å². The van der Waals surface area contributed by atoms with E-state index in [2.05, 4.69) is 10.3 Å². The van der Waals surface area contributed by atoms with Gasteiger partial charge in [-0.1, -0.05) is 18.9 Å². The summed E-state index contributed by atoms with van der Waals surface area (Å²) >= 11 is 0. The van der Waals surface area contributed by atoms with Gasteiger partial charge in [-0.05, 0) is 42.0 Å². The van der Waals surface area contributed by atoms with Crippen LogP contribution in [-0.4, -0.2) is 17.2 Å². The second-order valence-electron chi connectivity index (χ2n) is 5.82. The van der Waals surface area contributed by atoms with Crippen LogP contribution in [0.3, 0.4) is 0 Å². The van der Waals surface area contributed by atoms with Crippen LogP contribution in [0.4, 0.5) is 13.2 Å². The molecule has 0 spiro atoms. The molecule has 1 aromatic heterocycles. The van der Waals surface area contributed by atoms with Gasteiger partial charge in [-0.15, -0.1) is 0 Å². The van der Waals surface area contributed by atoms with Crippen molar-refractivity contribution in [2.45, 2.75) is 44.4 Å². The molecule has 1 saturated carbocycles. The Labute approximate surface area is 121 Å². The minimum Gasteiger partial charge on any atom is -0.361 e. The topological polar surface area (TPSA) is 27.8 Å². The van der Waals surface area contributed by atoms with E-state index in [9.17, 15) is 13.2 Å². The van der Waals surface area contributed by atoms with Crippen molar-refractivity contribution in [2.24, 2.45) is 5.92 Å². The molecule has 1 aliphatic rings. The standard InChI is InChI=1S/C16H19F3N2/c17-16(18,19)13-3-1-2-4-15(13)21-10-11-5-6-14-12(9-11)7-8-20-14/h5-9,13,15,20-21H,1-4,10H2. The Balaban J connectivity index is 1.67. The highest BCUT2D eigenvalue weighted by Crippen LogP contribution is 2.37. The molecule has 0 bridgehead atoms. The Morgan fingerprint density at radius 3 is 2.76 bits per heavy atom. The van der Waals surface area contributed by atoms with Gasteiger partial charge in [0.25, 0.3) is 0 Å². The highest BCUT2D eigenvalue weighted by molar-refractivity contribution is 5.79. The van der Waals surface area contributed by atoms with Gasteiger partial charge in [0.05, 0.1) is 5.92 Å². The van der Waals surface area contributed by atoms with Gasteiger partial charge in [-0.2, -0.15) is 13.2 Å². The van der Waals surface area contributed by atoms with E-state index in [0.29, 0.717) is 19.4 Å². The number of halogens is 3. The average molecular weight is 296 g/mol. The number of benzene rings is 1. The fourth-order valence-corrected chi connectivity index (χ4v) is 3.23. The van der Waals surface area contributed by atoms with Crippen LogP contribution < -0.4 is 5.32 Å². The maximum absolute atomic E-state index is 13.0. The molecular weight excluding hydrogens is 277 g/mol. The van der Waals surface area contributed by atoms with Crippen LogP contribution in [-0.2, 0) is 6.54 Å². The van der Waals surface area contributed by atoms with Crippen LogP contribution in [0.15, 0.2) is 30.5 Å². The van der Waals surface area contributed by atoms with Gasteiger partial charge in [0.1, 0.15) is 0 Å². The molecule has 2 unspecified atom stereocenters. The first kappa shape index (κ1) is 14.4. The first-order valence-electron chi connectivity index (χ1n) is 7.40. The van der Waals surface area contributed by atoms with Crippen molar-refractivity contribution in [1.82, 2.24) is 10.3 Å². The third-order valence-corrected chi connectivity index (χ3v) is 4.37. The van der Waals surface area contributed by atoms with Crippen LogP contribution >= 0.6 is 0 Å². The fourth-order valence-electron chi connectivity index (χ4n) is 3.23. The molecule has 1 heterocycles. The predicted octanol–water partition coefficient (Wildman–Crippen LogP) is 4.38. The minimum atomic E-state index is -4.09. The molecular formula is C16H19F3N2. The molecule has 2 nitrogen and oxygen atoms in total. The lowest BCUT2D eigenvalue weighted by Gasteiger charge is -2.33. The average Bonchev–Trinajstić information content (AvgIpc) is 2.92. The van der Waals surface area contributed by atoms with Crippen molar-refractivity contribution < 1.29 is 13.2 Å². The number of nitrogens with one attached hydrogen (secondary N) is 2. The molecule has 0 aliphatic heterocycles. The molecule has 0 saturated heterocycles. The molecule has 1 aromatic carbocycles. The van der Waals surface area contributed by atoms with E-state index >= 15 is 0 Å². The van der Waals surface area contributed by atoms with E-state index in [0.717, 1.165) is 22.9 Å². The fraction of sp³-hybridized carbons (Fsp3) is 0.500. The van der Waals surface area contributed by atoms with E-state index in [-0.39, 0.29) is 6.42 Å². The number of alkyl halides is 3. The number of fused-ring (bicyclic) bond motifs is 1. The van der Waals surface area contributed by atoms with Crippen molar-refractivity contribution in [3.8, 4) is 0 Å². The van der Waals surface area contributed by atoms with E-state index in [1.807, 2.05) is 30.5 Å². The van der Waals surface area contributed by atoms with Crippen LogP contribution in [0.5, 0.6) is 0 Å². The van der Waals surface area contributed by atoms with E-state index < -0.39 is 18.1 Å². The molecule has 0 amide bonds. The first-order valence-corrected chi connectivity index (χ1v) is 7.40. The number of hydrogen-bond donors (Lipinski definition) is 2. The van der Waals surface area contributed by atoms with Gasteiger partial charge in [0.2, 0.25) is 0 Å². The zero-order chi connectivity index (χ0) is 14.9. The molecule has 21 heavy (non-hydrogen) atoms. The van der Waals surface area contributed by atoms with Gasteiger partial charge in [-0.25, -0.2) is 0 Å². The van der Waals surface area contributed by atoms with E-state index in [1.165, 1.54) is 0 Å². The van der Waals surface area contributed by atoms with Crippen molar-refractivity contribution >= 4 is 10.9 Å².